The number of aryl methyl sites for hydroxylation is 1. The Morgan fingerprint density at radius 1 is 0.881 bits per heavy atom. The minimum atomic E-state index is -0.437. The van der Waals surface area contributed by atoms with Crippen LogP contribution in [0.1, 0.15) is 24.7 Å². The van der Waals surface area contributed by atoms with Gasteiger partial charge >= 0.3 is 5.69 Å². The average Bonchev–Trinajstić information content (AvgIpc) is 3.68. The van der Waals surface area contributed by atoms with Gasteiger partial charge in [-0.3, -0.25) is 9.36 Å². The van der Waals surface area contributed by atoms with Crippen LogP contribution in [0, 0.1) is 0 Å². The molecule has 0 atom stereocenters. The van der Waals surface area contributed by atoms with Gasteiger partial charge in [0.15, 0.2) is 17.0 Å². The molecule has 0 aliphatic heterocycles. The predicted molar refractivity (Wildman–Crippen MR) is 160 cm³/mol. The van der Waals surface area contributed by atoms with E-state index in [0.29, 0.717) is 42.2 Å². The van der Waals surface area contributed by atoms with Gasteiger partial charge in [-0.2, -0.15) is 0 Å². The summed E-state index contributed by atoms with van der Waals surface area (Å²) >= 11 is 0. The molecule has 0 aliphatic rings. The van der Waals surface area contributed by atoms with E-state index in [-0.39, 0.29) is 6.54 Å². The number of benzene rings is 3. The molecule has 6 rings (SSSR count). The van der Waals surface area contributed by atoms with Crippen molar-refractivity contribution in [1.82, 2.24) is 39.3 Å². The zero-order valence-electron chi connectivity index (χ0n) is 23.4. The lowest BCUT2D eigenvalue weighted by molar-refractivity contribution is 0.186. The average molecular weight is 563 g/mol. The van der Waals surface area contributed by atoms with Gasteiger partial charge in [-0.05, 0) is 45.7 Å². The Morgan fingerprint density at radius 2 is 1.62 bits per heavy atom. The third kappa shape index (κ3) is 4.94. The summed E-state index contributed by atoms with van der Waals surface area (Å²) in [4.78, 5) is 32.5. The van der Waals surface area contributed by atoms with Crippen molar-refractivity contribution in [3.8, 4) is 28.2 Å². The number of imidazole rings is 1. The number of hydrogen-bond acceptors (Lipinski definition) is 7. The smallest absolute Gasteiger partial charge is 0.337 e. The van der Waals surface area contributed by atoms with E-state index in [1.165, 1.54) is 4.57 Å². The monoisotopic (exact) mass is 562 g/mol. The van der Waals surface area contributed by atoms with E-state index in [1.54, 1.807) is 23.8 Å². The van der Waals surface area contributed by atoms with E-state index in [1.807, 2.05) is 71.3 Å². The Kier molecular flexibility index (Phi) is 7.56. The number of rotatable bonds is 10. The van der Waals surface area contributed by atoms with Gasteiger partial charge in [0.05, 0.1) is 18.8 Å². The van der Waals surface area contributed by atoms with Gasteiger partial charge in [0.25, 0.3) is 5.56 Å². The molecule has 11 nitrogen and oxygen atoms in total. The summed E-state index contributed by atoms with van der Waals surface area (Å²) in [5, 5.41) is 14.3. The maximum absolute atomic E-state index is 14.0. The highest BCUT2D eigenvalue weighted by Gasteiger charge is 2.22. The topological polar surface area (TPSA) is 126 Å². The van der Waals surface area contributed by atoms with Crippen molar-refractivity contribution in [2.45, 2.75) is 32.9 Å². The lowest BCUT2D eigenvalue weighted by atomic mass is 9.98. The van der Waals surface area contributed by atoms with Crippen LogP contribution in [0.5, 0.6) is 0 Å². The van der Waals surface area contributed by atoms with Gasteiger partial charge in [-0.15, -0.1) is 5.10 Å². The molecule has 0 saturated carbocycles. The van der Waals surface area contributed by atoms with Crippen LogP contribution < -0.4 is 11.2 Å². The summed E-state index contributed by atoms with van der Waals surface area (Å²) in [5.74, 6) is 1.35. The first-order chi connectivity index (χ1) is 20.6. The minimum Gasteiger partial charge on any atom is -0.383 e. The first-order valence-corrected chi connectivity index (χ1v) is 13.8. The Balaban J connectivity index is 1.47. The number of H-pyrrole nitrogens is 1. The maximum atomic E-state index is 14.0. The lowest BCUT2D eigenvalue weighted by Gasteiger charge is -2.13. The predicted octanol–water partition coefficient (Wildman–Crippen LogP) is 3.84. The Morgan fingerprint density at radius 3 is 2.31 bits per heavy atom. The van der Waals surface area contributed by atoms with E-state index in [4.69, 9.17) is 9.72 Å². The molecule has 0 spiro atoms. The van der Waals surface area contributed by atoms with Crippen LogP contribution >= 0.6 is 0 Å². The summed E-state index contributed by atoms with van der Waals surface area (Å²) < 4.78 is 10.0. The van der Waals surface area contributed by atoms with Gasteiger partial charge in [0.2, 0.25) is 0 Å². The highest BCUT2D eigenvalue weighted by Crippen LogP contribution is 2.30. The first-order valence-electron chi connectivity index (χ1n) is 13.8. The number of aromatic amines is 1. The molecule has 0 fully saturated rings. The molecule has 3 aromatic heterocycles. The van der Waals surface area contributed by atoms with Crippen molar-refractivity contribution < 1.29 is 4.74 Å². The Hall–Kier alpha value is -5.16. The van der Waals surface area contributed by atoms with Crippen molar-refractivity contribution in [2.75, 3.05) is 13.7 Å². The number of ether oxygens (including phenoxy) is 1. The molecule has 0 bridgehead atoms. The van der Waals surface area contributed by atoms with Crippen LogP contribution in [0.4, 0.5) is 0 Å². The molecule has 0 unspecified atom stereocenters. The number of fused-ring (bicyclic) bond motifs is 1. The second-order valence-corrected chi connectivity index (χ2v) is 9.93. The third-order valence-electron chi connectivity index (χ3n) is 7.25. The van der Waals surface area contributed by atoms with Crippen molar-refractivity contribution in [3.63, 3.8) is 0 Å². The molecular weight excluding hydrogens is 532 g/mol. The summed E-state index contributed by atoms with van der Waals surface area (Å²) in [5.41, 5.74) is 4.35. The Labute approximate surface area is 241 Å². The first kappa shape index (κ1) is 27.0. The Bertz CT molecular complexity index is 1940. The number of methoxy groups -OCH3 is 1. The van der Waals surface area contributed by atoms with Crippen LogP contribution in [0.15, 0.2) is 88.5 Å². The molecule has 0 radical (unpaired) electrons. The molecule has 0 saturated heterocycles. The van der Waals surface area contributed by atoms with Crippen molar-refractivity contribution in [1.29, 1.82) is 0 Å². The van der Waals surface area contributed by atoms with Crippen LogP contribution in [0.2, 0.25) is 0 Å². The molecule has 3 aromatic carbocycles. The number of nitrogens with zero attached hydrogens (tertiary/aromatic N) is 7. The molecule has 3 heterocycles. The fourth-order valence-corrected chi connectivity index (χ4v) is 5.25. The van der Waals surface area contributed by atoms with Crippen molar-refractivity contribution in [3.05, 3.63) is 111 Å². The molecule has 0 amide bonds. The lowest BCUT2D eigenvalue weighted by Crippen LogP contribution is -2.40. The fraction of sp³-hybridized carbons (Fsp3) is 0.226. The molecule has 212 valence electrons. The number of hydrogen-bond donors (Lipinski definition) is 1. The fourth-order valence-electron chi connectivity index (χ4n) is 5.25. The summed E-state index contributed by atoms with van der Waals surface area (Å²) in [6.07, 6.45) is 1.50. The SMILES string of the molecule is CCCc1nc2c(c(=O)n(-c3ccccc3)c(=O)n2CCOC)n1Cc1ccc(-c2ccccc2-c2nnn[nH]2)cc1. The van der Waals surface area contributed by atoms with Gasteiger partial charge in [-0.1, -0.05) is 73.7 Å². The zero-order valence-corrected chi connectivity index (χ0v) is 23.4. The van der Waals surface area contributed by atoms with E-state index < -0.39 is 11.2 Å². The van der Waals surface area contributed by atoms with Crippen molar-refractivity contribution in [2.24, 2.45) is 0 Å². The van der Waals surface area contributed by atoms with Gasteiger partial charge in [-0.25, -0.2) is 19.4 Å². The van der Waals surface area contributed by atoms with E-state index in [9.17, 15) is 9.59 Å². The molecule has 11 heteroatoms. The quantitative estimate of drug-likeness (QED) is 0.269. The van der Waals surface area contributed by atoms with Gasteiger partial charge in [0, 0.05) is 25.6 Å². The van der Waals surface area contributed by atoms with Gasteiger partial charge < -0.3 is 9.30 Å². The standard InChI is InChI=1S/C31H30N8O3/c1-3-9-26-32-29-27(30(40)39(23-10-5-4-6-11-23)31(41)37(29)18-19-42-2)38(26)20-21-14-16-22(17-15-21)24-12-7-8-13-25(24)28-33-35-36-34-28/h4-8,10-17H,3,9,18-20H2,1-2H3,(H,33,34,35,36). The zero-order chi connectivity index (χ0) is 29.1. The van der Waals surface area contributed by atoms with Crippen molar-refractivity contribution >= 4 is 11.2 Å². The second kappa shape index (κ2) is 11.8. The summed E-state index contributed by atoms with van der Waals surface area (Å²) in [7, 11) is 1.58. The van der Waals surface area contributed by atoms with E-state index >= 15 is 0 Å². The van der Waals surface area contributed by atoms with Crippen LogP contribution in [-0.4, -0.2) is 53.0 Å². The normalized spacial score (nSPS) is 11.4. The molecular formula is C31H30N8O3. The maximum Gasteiger partial charge on any atom is 0.337 e. The molecule has 42 heavy (non-hydrogen) atoms. The number of para-hydroxylation sites is 1. The number of aromatic nitrogens is 8. The molecule has 0 aliphatic carbocycles. The van der Waals surface area contributed by atoms with E-state index in [0.717, 1.165) is 34.5 Å². The third-order valence-corrected chi connectivity index (χ3v) is 7.25. The summed E-state index contributed by atoms with van der Waals surface area (Å²) in [6.45, 7) is 3.08. The highest BCUT2D eigenvalue weighted by atomic mass is 16.5. The van der Waals surface area contributed by atoms with Crippen LogP contribution in [-0.2, 0) is 24.2 Å². The minimum absolute atomic E-state index is 0.274. The number of nitrogens with one attached hydrogen (secondary N) is 1. The van der Waals surface area contributed by atoms with Gasteiger partial charge in [0.1, 0.15) is 5.82 Å². The summed E-state index contributed by atoms with van der Waals surface area (Å²) in [6, 6.07) is 25.1. The second-order valence-electron chi connectivity index (χ2n) is 9.93. The number of tetrazole rings is 1. The molecule has 6 aromatic rings. The molecule has 1 N–H and O–H groups in total. The largest absolute Gasteiger partial charge is 0.383 e. The van der Waals surface area contributed by atoms with Crippen LogP contribution in [0.25, 0.3) is 39.4 Å². The van der Waals surface area contributed by atoms with Crippen LogP contribution in [0.3, 0.4) is 0 Å². The van der Waals surface area contributed by atoms with E-state index in [2.05, 4.69) is 27.5 Å². The highest BCUT2D eigenvalue weighted by molar-refractivity contribution is 5.80.